The average Bonchev–Trinajstić information content (AvgIpc) is 2.95. The van der Waals surface area contributed by atoms with Gasteiger partial charge in [0.2, 0.25) is 0 Å². The molecule has 2 atom stereocenters. The molecule has 1 aliphatic rings. The standard InChI is InChI=1S/C13H22N4O2/c1-13(2,3)17-8-9(7-15-17)16-12(18)11-5-4-10(6-14)19-11/h7-8,10-11H,4-6,14H2,1-3H3,(H,16,18)/t10-,11+/m1/s1. The van der Waals surface area contributed by atoms with Crippen molar-refractivity contribution in [3.63, 3.8) is 0 Å². The van der Waals surface area contributed by atoms with Crippen molar-refractivity contribution in [3.8, 4) is 0 Å². The molecule has 1 amide bonds. The Labute approximate surface area is 113 Å². The zero-order valence-corrected chi connectivity index (χ0v) is 11.7. The first-order valence-corrected chi connectivity index (χ1v) is 6.61. The minimum Gasteiger partial charge on any atom is -0.364 e. The highest BCUT2D eigenvalue weighted by Gasteiger charge is 2.30. The Morgan fingerprint density at radius 2 is 2.32 bits per heavy atom. The van der Waals surface area contributed by atoms with E-state index in [4.69, 9.17) is 10.5 Å². The molecule has 0 unspecified atom stereocenters. The van der Waals surface area contributed by atoms with Crippen molar-refractivity contribution >= 4 is 11.6 Å². The fourth-order valence-electron chi connectivity index (χ4n) is 2.05. The number of ether oxygens (including phenoxy) is 1. The Balaban J connectivity index is 1.94. The molecule has 0 radical (unpaired) electrons. The van der Waals surface area contributed by atoms with Gasteiger partial charge < -0.3 is 15.8 Å². The van der Waals surface area contributed by atoms with Crippen LogP contribution in [0, 0.1) is 0 Å². The lowest BCUT2D eigenvalue weighted by Gasteiger charge is -2.18. The van der Waals surface area contributed by atoms with Crippen LogP contribution in [0.25, 0.3) is 0 Å². The molecular formula is C13H22N4O2. The van der Waals surface area contributed by atoms with Crippen molar-refractivity contribution in [1.82, 2.24) is 9.78 Å². The maximum atomic E-state index is 12.0. The van der Waals surface area contributed by atoms with Crippen LogP contribution in [-0.2, 0) is 15.1 Å². The number of nitrogens with one attached hydrogen (secondary N) is 1. The molecule has 0 aromatic carbocycles. The van der Waals surface area contributed by atoms with Crippen molar-refractivity contribution in [2.75, 3.05) is 11.9 Å². The van der Waals surface area contributed by atoms with Gasteiger partial charge in [-0.05, 0) is 33.6 Å². The minimum atomic E-state index is -0.397. The summed E-state index contributed by atoms with van der Waals surface area (Å²) in [5, 5.41) is 7.07. The van der Waals surface area contributed by atoms with E-state index in [0.29, 0.717) is 12.2 Å². The van der Waals surface area contributed by atoms with Gasteiger partial charge in [-0.1, -0.05) is 0 Å². The van der Waals surface area contributed by atoms with Crippen molar-refractivity contribution in [2.24, 2.45) is 5.73 Å². The van der Waals surface area contributed by atoms with Gasteiger partial charge in [0.15, 0.2) is 0 Å². The number of hydrogen-bond acceptors (Lipinski definition) is 4. The van der Waals surface area contributed by atoms with Gasteiger partial charge in [0.25, 0.3) is 5.91 Å². The molecule has 0 bridgehead atoms. The van der Waals surface area contributed by atoms with E-state index in [9.17, 15) is 4.79 Å². The van der Waals surface area contributed by atoms with Crippen LogP contribution in [0.1, 0.15) is 33.6 Å². The number of amides is 1. The second-order valence-corrected chi connectivity index (χ2v) is 5.89. The Hall–Kier alpha value is -1.40. The molecule has 1 aromatic rings. The van der Waals surface area contributed by atoms with Crippen LogP contribution >= 0.6 is 0 Å². The Morgan fingerprint density at radius 3 is 2.84 bits per heavy atom. The largest absolute Gasteiger partial charge is 0.364 e. The monoisotopic (exact) mass is 266 g/mol. The molecule has 6 nitrogen and oxygen atoms in total. The second kappa shape index (κ2) is 5.30. The maximum Gasteiger partial charge on any atom is 0.253 e. The van der Waals surface area contributed by atoms with Gasteiger partial charge in [-0.15, -0.1) is 0 Å². The molecule has 1 saturated heterocycles. The third-order valence-corrected chi connectivity index (χ3v) is 3.20. The highest BCUT2D eigenvalue weighted by atomic mass is 16.5. The van der Waals surface area contributed by atoms with E-state index in [2.05, 4.69) is 31.2 Å². The lowest BCUT2D eigenvalue weighted by molar-refractivity contribution is -0.126. The number of carbonyl (C=O) groups is 1. The summed E-state index contributed by atoms with van der Waals surface area (Å²) < 4.78 is 7.37. The predicted molar refractivity (Wildman–Crippen MR) is 72.8 cm³/mol. The molecule has 19 heavy (non-hydrogen) atoms. The van der Waals surface area contributed by atoms with Crippen LogP contribution in [0.2, 0.25) is 0 Å². The van der Waals surface area contributed by atoms with Crippen LogP contribution in [0.3, 0.4) is 0 Å². The normalized spacial score (nSPS) is 23.6. The summed E-state index contributed by atoms with van der Waals surface area (Å²) in [6.07, 6.45) is 4.66. The SMILES string of the molecule is CC(C)(C)n1cc(NC(=O)[C@@H]2CC[C@H](CN)O2)cn1. The summed E-state index contributed by atoms with van der Waals surface area (Å²) in [6.45, 7) is 6.62. The first kappa shape index (κ1) is 14.0. The highest BCUT2D eigenvalue weighted by molar-refractivity contribution is 5.94. The lowest BCUT2D eigenvalue weighted by Crippen LogP contribution is -2.29. The second-order valence-electron chi connectivity index (χ2n) is 5.89. The number of nitrogens with two attached hydrogens (primary N) is 1. The maximum absolute atomic E-state index is 12.0. The van der Waals surface area contributed by atoms with E-state index < -0.39 is 6.10 Å². The molecule has 1 fully saturated rings. The molecule has 0 spiro atoms. The fourth-order valence-corrected chi connectivity index (χ4v) is 2.05. The van der Waals surface area contributed by atoms with Gasteiger partial charge in [0, 0.05) is 12.7 Å². The molecule has 6 heteroatoms. The van der Waals surface area contributed by atoms with Gasteiger partial charge in [-0.25, -0.2) is 0 Å². The average molecular weight is 266 g/mol. The smallest absolute Gasteiger partial charge is 0.253 e. The first-order chi connectivity index (χ1) is 8.90. The first-order valence-electron chi connectivity index (χ1n) is 6.61. The van der Waals surface area contributed by atoms with Gasteiger partial charge in [-0.3, -0.25) is 9.48 Å². The molecule has 1 aliphatic heterocycles. The lowest BCUT2D eigenvalue weighted by atomic mass is 10.1. The van der Waals surface area contributed by atoms with Crippen LogP contribution in [-0.4, -0.2) is 34.4 Å². The Kier molecular flexibility index (Phi) is 3.91. The third-order valence-electron chi connectivity index (χ3n) is 3.20. The molecular weight excluding hydrogens is 244 g/mol. The number of carbonyl (C=O) groups excluding carboxylic acids is 1. The number of anilines is 1. The molecule has 106 valence electrons. The predicted octanol–water partition coefficient (Wildman–Crippen LogP) is 1.08. The topological polar surface area (TPSA) is 82.2 Å². The van der Waals surface area contributed by atoms with E-state index in [1.54, 1.807) is 6.20 Å². The van der Waals surface area contributed by atoms with Crippen molar-refractivity contribution < 1.29 is 9.53 Å². The fraction of sp³-hybridized carbons (Fsp3) is 0.692. The molecule has 2 heterocycles. The van der Waals surface area contributed by atoms with Crippen molar-refractivity contribution in [1.29, 1.82) is 0 Å². The number of hydrogen-bond donors (Lipinski definition) is 2. The summed E-state index contributed by atoms with van der Waals surface area (Å²) >= 11 is 0. The summed E-state index contributed by atoms with van der Waals surface area (Å²) in [5.74, 6) is -0.121. The van der Waals surface area contributed by atoms with Gasteiger partial charge in [0.1, 0.15) is 6.10 Å². The summed E-state index contributed by atoms with van der Waals surface area (Å²) in [4.78, 5) is 12.0. The molecule has 3 N–H and O–H groups in total. The number of aromatic nitrogens is 2. The van der Waals surface area contributed by atoms with Crippen molar-refractivity contribution in [3.05, 3.63) is 12.4 Å². The molecule has 2 rings (SSSR count). The Bertz CT molecular complexity index is 450. The van der Waals surface area contributed by atoms with Crippen LogP contribution < -0.4 is 11.1 Å². The van der Waals surface area contributed by atoms with Gasteiger partial charge >= 0.3 is 0 Å². The Morgan fingerprint density at radius 1 is 1.58 bits per heavy atom. The summed E-state index contributed by atoms with van der Waals surface area (Å²) in [7, 11) is 0. The molecule has 1 aromatic heterocycles. The molecule has 0 saturated carbocycles. The van der Waals surface area contributed by atoms with E-state index in [0.717, 1.165) is 12.8 Å². The van der Waals surface area contributed by atoms with E-state index in [1.807, 2.05) is 10.9 Å². The highest BCUT2D eigenvalue weighted by Crippen LogP contribution is 2.21. The van der Waals surface area contributed by atoms with Gasteiger partial charge in [0.05, 0.1) is 23.5 Å². The van der Waals surface area contributed by atoms with Crippen LogP contribution in [0.5, 0.6) is 0 Å². The van der Waals surface area contributed by atoms with Crippen molar-refractivity contribution in [2.45, 2.75) is 51.4 Å². The van der Waals surface area contributed by atoms with E-state index in [-0.39, 0.29) is 17.6 Å². The molecule has 0 aliphatic carbocycles. The van der Waals surface area contributed by atoms with E-state index in [1.165, 1.54) is 0 Å². The zero-order valence-electron chi connectivity index (χ0n) is 11.7. The van der Waals surface area contributed by atoms with Crippen LogP contribution in [0.4, 0.5) is 5.69 Å². The summed E-state index contributed by atoms with van der Waals surface area (Å²) in [5.41, 5.74) is 6.12. The zero-order chi connectivity index (χ0) is 14.0. The van der Waals surface area contributed by atoms with Crippen LogP contribution in [0.15, 0.2) is 12.4 Å². The number of rotatable bonds is 3. The third kappa shape index (κ3) is 3.33. The minimum absolute atomic E-state index is 0.00745. The quantitative estimate of drug-likeness (QED) is 0.857. The number of nitrogens with zero attached hydrogens (tertiary/aromatic N) is 2. The van der Waals surface area contributed by atoms with Gasteiger partial charge in [-0.2, -0.15) is 5.10 Å². The van der Waals surface area contributed by atoms with E-state index >= 15 is 0 Å². The summed E-state index contributed by atoms with van der Waals surface area (Å²) in [6, 6.07) is 0.